The van der Waals surface area contributed by atoms with Gasteiger partial charge in [-0.2, -0.15) is 0 Å². The molecule has 1 aromatic rings. The number of hydrogen-bond donors (Lipinski definition) is 0. The number of rotatable bonds is 3. The topological polar surface area (TPSA) is 74.1 Å². The van der Waals surface area contributed by atoms with Gasteiger partial charge in [-0.3, -0.25) is 14.4 Å². The zero-order chi connectivity index (χ0) is 19.2. The molecule has 3 amide bonds. The molecular formula is C20H27N3O4. The fourth-order valence-electron chi connectivity index (χ4n) is 4.86. The van der Waals surface area contributed by atoms with Gasteiger partial charge in [0.25, 0.3) is 5.91 Å². The van der Waals surface area contributed by atoms with Crippen molar-refractivity contribution in [1.82, 2.24) is 14.7 Å². The van der Waals surface area contributed by atoms with Crippen LogP contribution in [0.15, 0.2) is 23.0 Å². The van der Waals surface area contributed by atoms with E-state index in [4.69, 9.17) is 4.42 Å². The van der Waals surface area contributed by atoms with Crippen LogP contribution >= 0.6 is 0 Å². The van der Waals surface area contributed by atoms with E-state index in [2.05, 4.69) is 0 Å². The lowest BCUT2D eigenvalue weighted by molar-refractivity contribution is -0.141. The molecule has 2 atom stereocenters. The average molecular weight is 373 g/mol. The number of amides is 3. The van der Waals surface area contributed by atoms with Crippen LogP contribution in [0.25, 0.3) is 0 Å². The highest BCUT2D eigenvalue weighted by Gasteiger charge is 2.60. The number of hydrogen-bond acceptors (Lipinski definition) is 4. The summed E-state index contributed by atoms with van der Waals surface area (Å²) in [6.07, 6.45) is 4.98. The molecule has 0 radical (unpaired) electrons. The Morgan fingerprint density at radius 1 is 1.07 bits per heavy atom. The molecule has 0 N–H and O–H groups in total. The molecule has 27 heavy (non-hydrogen) atoms. The molecule has 0 aromatic carbocycles. The molecule has 1 aromatic heterocycles. The van der Waals surface area contributed by atoms with Crippen LogP contribution in [-0.2, 0) is 9.59 Å². The number of furan rings is 1. The van der Waals surface area contributed by atoms with Gasteiger partial charge in [-0.15, -0.1) is 0 Å². The van der Waals surface area contributed by atoms with E-state index in [0.717, 1.165) is 25.9 Å². The first-order valence-corrected chi connectivity index (χ1v) is 9.82. The van der Waals surface area contributed by atoms with Crippen LogP contribution in [0, 0.1) is 17.3 Å². The van der Waals surface area contributed by atoms with Crippen LogP contribution in [0.5, 0.6) is 0 Å². The second kappa shape index (κ2) is 6.69. The standard InChI is InChI=1S/C20H27N3O4/c1-14(2)17(24)22-9-16-10-23(18(25)15-5-8-27-11-15)13-20(16,12-22)19(26)21-6-3-4-7-21/h5,8,11,14,16H,3-4,6-7,9-10,12-13H2,1-2H3. The Bertz CT molecular complexity index is 738. The molecule has 4 heterocycles. The minimum absolute atomic E-state index is 0.0100. The number of nitrogens with zero attached hydrogens (tertiary/aromatic N) is 3. The van der Waals surface area contributed by atoms with Gasteiger partial charge in [-0.05, 0) is 18.9 Å². The summed E-state index contributed by atoms with van der Waals surface area (Å²) in [6, 6.07) is 1.65. The van der Waals surface area contributed by atoms with Crippen molar-refractivity contribution in [3.63, 3.8) is 0 Å². The monoisotopic (exact) mass is 373 g/mol. The van der Waals surface area contributed by atoms with Crippen molar-refractivity contribution in [1.29, 1.82) is 0 Å². The van der Waals surface area contributed by atoms with E-state index in [1.54, 1.807) is 11.0 Å². The first-order valence-electron chi connectivity index (χ1n) is 9.82. The summed E-state index contributed by atoms with van der Waals surface area (Å²) in [4.78, 5) is 44.4. The van der Waals surface area contributed by atoms with Gasteiger partial charge in [0.05, 0.1) is 17.2 Å². The largest absolute Gasteiger partial charge is 0.472 e. The molecule has 3 saturated heterocycles. The van der Waals surface area contributed by atoms with E-state index in [-0.39, 0.29) is 29.6 Å². The lowest BCUT2D eigenvalue weighted by atomic mass is 9.79. The molecule has 0 aliphatic carbocycles. The summed E-state index contributed by atoms with van der Waals surface area (Å²) in [6.45, 7) is 7.18. The molecule has 3 aliphatic rings. The molecule has 146 valence electrons. The third kappa shape index (κ3) is 2.93. The second-order valence-electron chi connectivity index (χ2n) is 8.42. The summed E-state index contributed by atoms with van der Waals surface area (Å²) < 4.78 is 5.04. The molecular weight excluding hydrogens is 346 g/mol. The van der Waals surface area contributed by atoms with Gasteiger partial charge >= 0.3 is 0 Å². The summed E-state index contributed by atoms with van der Waals surface area (Å²) >= 11 is 0. The van der Waals surface area contributed by atoms with Crippen LogP contribution in [0.2, 0.25) is 0 Å². The SMILES string of the molecule is CC(C)C(=O)N1CC2CN(C(=O)c3ccoc3)CC2(C(=O)N2CCCC2)C1. The van der Waals surface area contributed by atoms with Gasteiger partial charge in [0.1, 0.15) is 6.26 Å². The molecule has 3 fully saturated rings. The van der Waals surface area contributed by atoms with Gasteiger partial charge in [0, 0.05) is 51.1 Å². The average Bonchev–Trinajstić information content (AvgIpc) is 3.43. The van der Waals surface area contributed by atoms with Crippen molar-refractivity contribution in [2.75, 3.05) is 39.3 Å². The Morgan fingerprint density at radius 3 is 2.37 bits per heavy atom. The molecule has 0 saturated carbocycles. The molecule has 3 aliphatic heterocycles. The zero-order valence-electron chi connectivity index (χ0n) is 16.0. The lowest BCUT2D eigenvalue weighted by Crippen LogP contribution is -2.49. The van der Waals surface area contributed by atoms with Gasteiger partial charge in [0.15, 0.2) is 0 Å². The van der Waals surface area contributed by atoms with Crippen molar-refractivity contribution >= 4 is 17.7 Å². The zero-order valence-corrected chi connectivity index (χ0v) is 16.0. The minimum atomic E-state index is -0.672. The Hall–Kier alpha value is -2.31. The third-order valence-corrected chi connectivity index (χ3v) is 6.29. The molecule has 7 nitrogen and oxygen atoms in total. The molecule has 7 heteroatoms. The first-order chi connectivity index (χ1) is 12.9. The Morgan fingerprint density at radius 2 is 1.74 bits per heavy atom. The summed E-state index contributed by atoms with van der Waals surface area (Å²) in [7, 11) is 0. The molecule has 0 bridgehead atoms. The van der Waals surface area contributed by atoms with Crippen molar-refractivity contribution in [3.8, 4) is 0 Å². The maximum Gasteiger partial charge on any atom is 0.257 e. The van der Waals surface area contributed by atoms with Crippen LogP contribution in [-0.4, -0.2) is 71.7 Å². The van der Waals surface area contributed by atoms with Crippen LogP contribution < -0.4 is 0 Å². The Kier molecular flexibility index (Phi) is 4.48. The summed E-state index contributed by atoms with van der Waals surface area (Å²) in [5.41, 5.74) is -0.164. The number of carbonyl (C=O) groups excluding carboxylic acids is 3. The van der Waals surface area contributed by atoms with Crippen molar-refractivity contribution in [2.24, 2.45) is 17.3 Å². The van der Waals surface area contributed by atoms with Gasteiger partial charge in [0.2, 0.25) is 11.8 Å². The number of likely N-dealkylation sites (tertiary alicyclic amines) is 3. The van der Waals surface area contributed by atoms with Gasteiger partial charge < -0.3 is 19.1 Å². The van der Waals surface area contributed by atoms with Crippen molar-refractivity contribution in [3.05, 3.63) is 24.2 Å². The first kappa shape index (κ1) is 18.1. The molecule has 4 rings (SSSR count). The second-order valence-corrected chi connectivity index (χ2v) is 8.42. The van der Waals surface area contributed by atoms with E-state index in [1.807, 2.05) is 23.6 Å². The van der Waals surface area contributed by atoms with E-state index >= 15 is 0 Å². The van der Waals surface area contributed by atoms with Crippen LogP contribution in [0.3, 0.4) is 0 Å². The third-order valence-electron chi connectivity index (χ3n) is 6.29. The van der Waals surface area contributed by atoms with Gasteiger partial charge in [-0.25, -0.2) is 0 Å². The van der Waals surface area contributed by atoms with E-state index in [9.17, 15) is 14.4 Å². The van der Waals surface area contributed by atoms with Crippen molar-refractivity contribution in [2.45, 2.75) is 26.7 Å². The molecule has 0 spiro atoms. The number of fused-ring (bicyclic) bond motifs is 1. The maximum atomic E-state index is 13.5. The van der Waals surface area contributed by atoms with E-state index in [0.29, 0.717) is 31.7 Å². The minimum Gasteiger partial charge on any atom is -0.472 e. The van der Waals surface area contributed by atoms with E-state index in [1.165, 1.54) is 12.5 Å². The Labute approximate surface area is 159 Å². The highest BCUT2D eigenvalue weighted by atomic mass is 16.3. The predicted molar refractivity (Wildman–Crippen MR) is 97.8 cm³/mol. The lowest BCUT2D eigenvalue weighted by Gasteiger charge is -2.32. The molecule has 2 unspecified atom stereocenters. The van der Waals surface area contributed by atoms with Crippen LogP contribution in [0.4, 0.5) is 0 Å². The predicted octanol–water partition coefficient (Wildman–Crippen LogP) is 1.46. The number of carbonyl (C=O) groups is 3. The fraction of sp³-hybridized carbons (Fsp3) is 0.650. The summed E-state index contributed by atoms with van der Waals surface area (Å²) in [5, 5.41) is 0. The van der Waals surface area contributed by atoms with Crippen LogP contribution in [0.1, 0.15) is 37.0 Å². The maximum absolute atomic E-state index is 13.5. The van der Waals surface area contributed by atoms with E-state index < -0.39 is 5.41 Å². The highest BCUT2D eigenvalue weighted by Crippen LogP contribution is 2.45. The van der Waals surface area contributed by atoms with Gasteiger partial charge in [-0.1, -0.05) is 13.8 Å². The smallest absolute Gasteiger partial charge is 0.257 e. The summed E-state index contributed by atoms with van der Waals surface area (Å²) in [5.74, 6) is 0.00122. The Balaban J connectivity index is 1.60. The fourth-order valence-corrected chi connectivity index (χ4v) is 4.86. The quantitative estimate of drug-likeness (QED) is 0.804. The van der Waals surface area contributed by atoms with Crippen molar-refractivity contribution < 1.29 is 18.8 Å². The normalized spacial score (nSPS) is 27.5. The highest BCUT2D eigenvalue weighted by molar-refractivity contribution is 5.95.